The molecule has 0 saturated carbocycles. The van der Waals surface area contributed by atoms with Gasteiger partial charge in [-0.15, -0.1) is 6.58 Å². The summed E-state index contributed by atoms with van der Waals surface area (Å²) in [5.74, 6) is 0.555. The van der Waals surface area contributed by atoms with Gasteiger partial charge in [0.1, 0.15) is 0 Å². The van der Waals surface area contributed by atoms with Crippen LogP contribution >= 0.6 is 11.8 Å². The van der Waals surface area contributed by atoms with Crippen LogP contribution in [0.1, 0.15) is 27.3 Å². The molecule has 2 heterocycles. The van der Waals surface area contributed by atoms with E-state index in [9.17, 15) is 4.79 Å². The number of ketones is 1. The van der Waals surface area contributed by atoms with Crippen LogP contribution in [0.25, 0.3) is 0 Å². The number of aromatic nitrogens is 2. The molecule has 0 N–H and O–H groups in total. The van der Waals surface area contributed by atoms with E-state index >= 15 is 0 Å². The van der Waals surface area contributed by atoms with Gasteiger partial charge in [-0.1, -0.05) is 23.9 Å². The summed E-state index contributed by atoms with van der Waals surface area (Å²) in [5, 5.41) is 0.883. The fourth-order valence-electron chi connectivity index (χ4n) is 2.25. The molecule has 110 valence electrons. The second-order valence-electron chi connectivity index (χ2n) is 5.07. The Morgan fingerprint density at radius 3 is 2.76 bits per heavy atom. The lowest BCUT2D eigenvalue weighted by atomic mass is 10.2. The third-order valence-electron chi connectivity index (χ3n) is 3.42. The molecule has 0 amide bonds. The molecule has 0 radical (unpaired) electrons. The topological polar surface area (TPSA) is 34.9 Å². The van der Waals surface area contributed by atoms with Gasteiger partial charge < -0.3 is 4.57 Å². The van der Waals surface area contributed by atoms with Gasteiger partial charge in [-0.2, -0.15) is 0 Å². The summed E-state index contributed by atoms with van der Waals surface area (Å²) in [7, 11) is 0. The molecule has 21 heavy (non-hydrogen) atoms. The summed E-state index contributed by atoms with van der Waals surface area (Å²) >= 11 is 1.48. The van der Waals surface area contributed by atoms with Gasteiger partial charge in [0.25, 0.3) is 0 Å². The van der Waals surface area contributed by atoms with Crippen LogP contribution in [-0.2, 0) is 6.54 Å². The Morgan fingerprint density at radius 2 is 2.14 bits per heavy atom. The standard InChI is InChI=1S/C17H20N2OS/c1-5-8-19-13(3)9-15(14(19)4)16(20)11-21-17-7-6-12(2)10-18-17/h5-7,9-10H,1,8,11H2,2-4H3. The molecule has 0 aliphatic rings. The van der Waals surface area contributed by atoms with Gasteiger partial charge in [-0.05, 0) is 38.5 Å². The average molecular weight is 300 g/mol. The molecular weight excluding hydrogens is 280 g/mol. The van der Waals surface area contributed by atoms with E-state index in [2.05, 4.69) is 16.1 Å². The van der Waals surface area contributed by atoms with Gasteiger partial charge in [0.05, 0.1) is 10.8 Å². The number of thioether (sulfide) groups is 1. The SMILES string of the molecule is C=CCn1c(C)cc(C(=O)CSc2ccc(C)cn2)c1C. The minimum atomic E-state index is 0.144. The summed E-state index contributed by atoms with van der Waals surface area (Å²) in [5.41, 5.74) is 4.02. The van der Waals surface area contributed by atoms with Crippen molar-refractivity contribution in [2.45, 2.75) is 32.3 Å². The first-order chi connectivity index (χ1) is 10.0. The molecule has 0 spiro atoms. The molecule has 2 rings (SSSR count). The molecule has 0 saturated heterocycles. The van der Waals surface area contributed by atoms with E-state index in [1.807, 2.05) is 51.2 Å². The van der Waals surface area contributed by atoms with Crippen LogP contribution in [0, 0.1) is 20.8 Å². The lowest BCUT2D eigenvalue weighted by Gasteiger charge is -2.06. The average Bonchev–Trinajstić information content (AvgIpc) is 2.75. The van der Waals surface area contributed by atoms with Crippen LogP contribution in [0.4, 0.5) is 0 Å². The number of hydrogen-bond donors (Lipinski definition) is 0. The quantitative estimate of drug-likeness (QED) is 0.460. The molecular formula is C17H20N2OS. The molecule has 0 bridgehead atoms. The molecule has 0 aliphatic heterocycles. The molecule has 4 heteroatoms. The van der Waals surface area contributed by atoms with E-state index in [-0.39, 0.29) is 5.78 Å². The minimum absolute atomic E-state index is 0.144. The van der Waals surface area contributed by atoms with Crippen molar-refractivity contribution in [3.05, 3.63) is 59.6 Å². The first-order valence-electron chi connectivity index (χ1n) is 6.89. The van der Waals surface area contributed by atoms with Crippen LogP contribution in [0.3, 0.4) is 0 Å². The second-order valence-corrected chi connectivity index (χ2v) is 6.07. The van der Waals surface area contributed by atoms with E-state index in [1.165, 1.54) is 11.8 Å². The van der Waals surface area contributed by atoms with Crippen molar-refractivity contribution < 1.29 is 4.79 Å². The fourth-order valence-corrected chi connectivity index (χ4v) is 2.98. The third kappa shape index (κ3) is 3.64. The van der Waals surface area contributed by atoms with Crippen molar-refractivity contribution in [1.82, 2.24) is 9.55 Å². The second kappa shape index (κ2) is 6.76. The Hall–Kier alpha value is -1.81. The monoisotopic (exact) mass is 300 g/mol. The highest BCUT2D eigenvalue weighted by Crippen LogP contribution is 2.21. The van der Waals surface area contributed by atoms with Gasteiger partial charge in [0.2, 0.25) is 0 Å². The van der Waals surface area contributed by atoms with Crippen molar-refractivity contribution in [3.8, 4) is 0 Å². The van der Waals surface area contributed by atoms with Crippen molar-refractivity contribution >= 4 is 17.5 Å². The number of aryl methyl sites for hydroxylation is 2. The molecule has 0 aromatic carbocycles. The van der Waals surface area contributed by atoms with Gasteiger partial charge >= 0.3 is 0 Å². The summed E-state index contributed by atoms with van der Waals surface area (Å²) in [6, 6.07) is 5.92. The molecule has 3 nitrogen and oxygen atoms in total. The van der Waals surface area contributed by atoms with Gasteiger partial charge in [-0.25, -0.2) is 4.98 Å². The van der Waals surface area contributed by atoms with Crippen molar-refractivity contribution in [3.63, 3.8) is 0 Å². The third-order valence-corrected chi connectivity index (χ3v) is 4.36. The van der Waals surface area contributed by atoms with Crippen LogP contribution in [0.15, 0.2) is 42.1 Å². The number of rotatable bonds is 6. The number of pyridine rings is 1. The van der Waals surface area contributed by atoms with Gasteiger partial charge in [-0.3, -0.25) is 4.79 Å². The smallest absolute Gasteiger partial charge is 0.174 e. The van der Waals surface area contributed by atoms with Crippen molar-refractivity contribution in [2.75, 3.05) is 5.75 Å². The van der Waals surface area contributed by atoms with Crippen LogP contribution in [0.5, 0.6) is 0 Å². The molecule has 2 aromatic rings. The zero-order valence-corrected chi connectivity index (χ0v) is 13.5. The number of carbonyl (C=O) groups is 1. The molecule has 0 atom stereocenters. The Kier molecular flexibility index (Phi) is 5.02. The predicted octanol–water partition coefficient (Wildman–Crippen LogP) is 3.97. The molecule has 0 aliphatic carbocycles. The van der Waals surface area contributed by atoms with Gasteiger partial charge in [0.15, 0.2) is 5.78 Å². The predicted molar refractivity (Wildman–Crippen MR) is 88.1 cm³/mol. The number of hydrogen-bond acceptors (Lipinski definition) is 3. The minimum Gasteiger partial charge on any atom is -0.345 e. The summed E-state index contributed by atoms with van der Waals surface area (Å²) in [6.07, 6.45) is 3.67. The fraction of sp³-hybridized carbons (Fsp3) is 0.294. The number of nitrogens with zero attached hydrogens (tertiary/aromatic N) is 2. The highest BCUT2D eigenvalue weighted by Gasteiger charge is 2.15. The molecule has 2 aromatic heterocycles. The maximum absolute atomic E-state index is 12.4. The number of carbonyl (C=O) groups excluding carboxylic acids is 1. The zero-order valence-electron chi connectivity index (χ0n) is 12.7. The Morgan fingerprint density at radius 1 is 1.38 bits per heavy atom. The summed E-state index contributed by atoms with van der Waals surface area (Å²) in [6.45, 7) is 10.5. The Balaban J connectivity index is 2.08. The lowest BCUT2D eigenvalue weighted by molar-refractivity contribution is 0.102. The molecule has 0 unspecified atom stereocenters. The summed E-state index contributed by atoms with van der Waals surface area (Å²) in [4.78, 5) is 16.7. The van der Waals surface area contributed by atoms with E-state index in [0.29, 0.717) is 5.75 Å². The van der Waals surface area contributed by atoms with Crippen LogP contribution < -0.4 is 0 Å². The Bertz CT molecular complexity index is 656. The van der Waals surface area contributed by atoms with Crippen molar-refractivity contribution in [2.24, 2.45) is 0 Å². The van der Waals surface area contributed by atoms with Crippen LogP contribution in [-0.4, -0.2) is 21.1 Å². The summed E-state index contributed by atoms with van der Waals surface area (Å²) < 4.78 is 2.11. The first-order valence-corrected chi connectivity index (χ1v) is 7.87. The normalized spacial score (nSPS) is 10.6. The van der Waals surface area contributed by atoms with E-state index in [1.54, 1.807) is 0 Å². The lowest BCUT2D eigenvalue weighted by Crippen LogP contribution is -2.06. The largest absolute Gasteiger partial charge is 0.345 e. The maximum Gasteiger partial charge on any atom is 0.174 e. The Labute approximate surface area is 130 Å². The highest BCUT2D eigenvalue weighted by atomic mass is 32.2. The van der Waals surface area contributed by atoms with E-state index < -0.39 is 0 Å². The van der Waals surface area contributed by atoms with Crippen LogP contribution in [0.2, 0.25) is 0 Å². The zero-order chi connectivity index (χ0) is 15.4. The first kappa shape index (κ1) is 15.6. The highest BCUT2D eigenvalue weighted by molar-refractivity contribution is 7.99. The van der Waals surface area contributed by atoms with E-state index in [0.717, 1.165) is 34.1 Å². The number of Topliss-reactive ketones (excluding diaryl/α,β-unsaturated/α-hetero) is 1. The van der Waals surface area contributed by atoms with Crippen molar-refractivity contribution in [1.29, 1.82) is 0 Å². The van der Waals surface area contributed by atoms with E-state index in [4.69, 9.17) is 0 Å². The molecule has 0 fully saturated rings. The number of allylic oxidation sites excluding steroid dienone is 1. The van der Waals surface area contributed by atoms with Gasteiger partial charge in [0, 0.05) is 29.7 Å². The maximum atomic E-state index is 12.4.